The first-order valence-corrected chi connectivity index (χ1v) is 3.75. The van der Waals surface area contributed by atoms with Gasteiger partial charge in [0.05, 0.1) is 6.61 Å². The number of hydrogen-bond acceptors (Lipinski definition) is 3. The second-order valence-corrected chi connectivity index (χ2v) is 2.17. The van der Waals surface area contributed by atoms with E-state index in [1.807, 2.05) is 0 Å². The van der Waals surface area contributed by atoms with Crippen LogP contribution in [0.25, 0.3) is 0 Å². The van der Waals surface area contributed by atoms with Crippen LogP contribution in [0.2, 0.25) is 0 Å². The number of hydrogen-bond donors (Lipinski definition) is 1. The summed E-state index contributed by atoms with van der Waals surface area (Å²) in [6.45, 7) is 3.32. The molecule has 0 aromatic rings. The van der Waals surface area contributed by atoms with Crippen molar-refractivity contribution in [2.75, 3.05) is 6.61 Å². The molecule has 0 saturated carbocycles. The lowest BCUT2D eigenvalue weighted by molar-refractivity contribution is -0.152. The van der Waals surface area contributed by atoms with Gasteiger partial charge in [-0.05, 0) is 13.8 Å². The first kappa shape index (κ1) is 11.1. The molecule has 0 bridgehead atoms. The topological polar surface area (TPSA) is 46.5 Å². The number of carbonyl (C=O) groups excluding carboxylic acids is 1. The minimum Gasteiger partial charge on any atom is -0.464 e. The monoisotopic (exact) mass is 176 g/mol. The zero-order valence-corrected chi connectivity index (χ0v) is 7.16. The predicted molar refractivity (Wildman–Crippen MR) is 42.3 cm³/mol. The smallest absolute Gasteiger partial charge is 0.343 e. The maximum Gasteiger partial charge on any atom is 0.343 e. The van der Waals surface area contributed by atoms with E-state index in [-0.39, 0.29) is 6.61 Å². The molecule has 4 heteroatoms. The Bertz CT molecular complexity index is 168. The molecule has 2 unspecified atom stereocenters. The number of halogens is 1. The van der Waals surface area contributed by atoms with E-state index < -0.39 is 18.2 Å². The molecule has 0 radical (unpaired) electrons. The van der Waals surface area contributed by atoms with Crippen molar-refractivity contribution in [1.29, 1.82) is 0 Å². The molecule has 12 heavy (non-hydrogen) atoms. The lowest BCUT2D eigenvalue weighted by atomic mass is 10.2. The van der Waals surface area contributed by atoms with Gasteiger partial charge in [0.25, 0.3) is 0 Å². The maximum atomic E-state index is 12.8. The summed E-state index contributed by atoms with van der Waals surface area (Å²) in [7, 11) is 0. The van der Waals surface area contributed by atoms with E-state index in [1.54, 1.807) is 13.8 Å². The van der Waals surface area contributed by atoms with E-state index in [4.69, 9.17) is 5.11 Å². The molecule has 2 atom stereocenters. The van der Waals surface area contributed by atoms with Crippen molar-refractivity contribution in [3.63, 3.8) is 0 Å². The first-order valence-electron chi connectivity index (χ1n) is 3.75. The van der Waals surface area contributed by atoms with Gasteiger partial charge in [0.15, 0.2) is 0 Å². The summed E-state index contributed by atoms with van der Waals surface area (Å²) in [5.74, 6) is -1.02. The van der Waals surface area contributed by atoms with Crippen molar-refractivity contribution in [1.82, 2.24) is 0 Å². The van der Waals surface area contributed by atoms with Gasteiger partial charge < -0.3 is 9.84 Å². The number of esters is 1. The Labute approximate surface area is 70.8 Å². The Balaban J connectivity index is 3.99. The van der Waals surface area contributed by atoms with Gasteiger partial charge in [-0.3, -0.25) is 0 Å². The van der Waals surface area contributed by atoms with Crippen molar-refractivity contribution in [2.45, 2.75) is 26.1 Å². The van der Waals surface area contributed by atoms with Gasteiger partial charge >= 0.3 is 5.97 Å². The predicted octanol–water partition coefficient (Wildman–Crippen LogP) is 0.825. The number of rotatable bonds is 4. The molecule has 0 rings (SSSR count). The normalized spacial score (nSPS) is 16.0. The first-order chi connectivity index (χ1) is 5.63. The number of aliphatic hydroxyl groups is 1. The molecule has 3 nitrogen and oxygen atoms in total. The van der Waals surface area contributed by atoms with Crippen molar-refractivity contribution in [2.24, 2.45) is 0 Å². The minimum atomic E-state index is -1.99. The number of carbonyl (C=O) groups is 1. The van der Waals surface area contributed by atoms with Crippen LogP contribution in [0.4, 0.5) is 4.39 Å². The standard InChI is InChI=1S/C8H13FO3/c1-3-5-6(10)7(9)8(11)12-4-2/h3,5-7,10H,4H2,1-2H3/b5-3+. The summed E-state index contributed by atoms with van der Waals surface area (Å²) < 4.78 is 17.2. The summed E-state index contributed by atoms with van der Waals surface area (Å²) in [5, 5.41) is 8.95. The average Bonchev–Trinajstić information content (AvgIpc) is 2.04. The third kappa shape index (κ3) is 3.48. The van der Waals surface area contributed by atoms with Gasteiger partial charge in [-0.25, -0.2) is 9.18 Å². The van der Waals surface area contributed by atoms with E-state index in [2.05, 4.69) is 4.74 Å². The molecule has 0 aliphatic carbocycles. The summed E-state index contributed by atoms with van der Waals surface area (Å²) in [5.41, 5.74) is 0. The van der Waals surface area contributed by atoms with Gasteiger partial charge in [0, 0.05) is 0 Å². The highest BCUT2D eigenvalue weighted by Crippen LogP contribution is 2.03. The average molecular weight is 176 g/mol. The SMILES string of the molecule is C/C=C/C(O)C(F)C(=O)OCC. The molecule has 0 heterocycles. The zero-order chi connectivity index (χ0) is 9.56. The molecule has 0 aliphatic heterocycles. The maximum absolute atomic E-state index is 12.8. The Kier molecular flexibility index (Phi) is 5.28. The molecule has 0 spiro atoms. The van der Waals surface area contributed by atoms with Gasteiger partial charge in [0.1, 0.15) is 6.10 Å². The zero-order valence-electron chi connectivity index (χ0n) is 7.16. The largest absolute Gasteiger partial charge is 0.464 e. The van der Waals surface area contributed by atoms with E-state index in [0.717, 1.165) is 0 Å². The van der Waals surface area contributed by atoms with Crippen LogP contribution in [-0.4, -0.2) is 30.0 Å². The summed E-state index contributed by atoms with van der Waals surface area (Å²) in [6.07, 6.45) is -0.729. The quantitative estimate of drug-likeness (QED) is 0.509. The van der Waals surface area contributed by atoms with Crippen LogP contribution in [0.3, 0.4) is 0 Å². The van der Waals surface area contributed by atoms with Crippen LogP contribution >= 0.6 is 0 Å². The number of aliphatic hydroxyl groups excluding tert-OH is 1. The van der Waals surface area contributed by atoms with Crippen molar-refractivity contribution < 1.29 is 19.0 Å². The van der Waals surface area contributed by atoms with Gasteiger partial charge in [-0.15, -0.1) is 0 Å². The fourth-order valence-electron chi connectivity index (χ4n) is 0.656. The summed E-state index contributed by atoms with van der Waals surface area (Å²) in [6, 6.07) is 0. The third-order valence-corrected chi connectivity index (χ3v) is 1.20. The fourth-order valence-corrected chi connectivity index (χ4v) is 0.656. The molecule has 0 aromatic carbocycles. The van der Waals surface area contributed by atoms with Crippen molar-refractivity contribution in [3.05, 3.63) is 12.2 Å². The van der Waals surface area contributed by atoms with E-state index in [0.29, 0.717) is 0 Å². The third-order valence-electron chi connectivity index (χ3n) is 1.20. The second kappa shape index (κ2) is 5.71. The lowest BCUT2D eigenvalue weighted by Gasteiger charge is -2.10. The van der Waals surface area contributed by atoms with Gasteiger partial charge in [-0.1, -0.05) is 12.2 Å². The molecular weight excluding hydrogens is 163 g/mol. The molecule has 0 aromatic heterocycles. The second-order valence-electron chi connectivity index (χ2n) is 2.17. The molecule has 0 saturated heterocycles. The molecule has 0 amide bonds. The highest BCUT2D eigenvalue weighted by atomic mass is 19.1. The number of alkyl halides is 1. The molecule has 0 fully saturated rings. The molecular formula is C8H13FO3. The van der Waals surface area contributed by atoms with Crippen LogP contribution in [0.15, 0.2) is 12.2 Å². The van der Waals surface area contributed by atoms with Crippen LogP contribution in [0, 0.1) is 0 Å². The molecule has 1 N–H and O–H groups in total. The van der Waals surface area contributed by atoms with Gasteiger partial charge in [-0.2, -0.15) is 0 Å². The highest BCUT2D eigenvalue weighted by Gasteiger charge is 2.25. The summed E-state index contributed by atoms with van der Waals surface area (Å²) >= 11 is 0. The number of allylic oxidation sites excluding steroid dienone is 1. The molecule has 0 aliphatic rings. The Morgan fingerprint density at radius 3 is 2.75 bits per heavy atom. The van der Waals surface area contributed by atoms with Crippen LogP contribution < -0.4 is 0 Å². The Morgan fingerprint density at radius 1 is 1.75 bits per heavy atom. The van der Waals surface area contributed by atoms with E-state index >= 15 is 0 Å². The Morgan fingerprint density at radius 2 is 2.33 bits per heavy atom. The molecule has 70 valence electrons. The number of ether oxygens (including phenoxy) is 1. The van der Waals surface area contributed by atoms with E-state index in [9.17, 15) is 9.18 Å². The van der Waals surface area contributed by atoms with Crippen LogP contribution in [0.1, 0.15) is 13.8 Å². The van der Waals surface area contributed by atoms with Crippen molar-refractivity contribution >= 4 is 5.97 Å². The van der Waals surface area contributed by atoms with Crippen LogP contribution in [0.5, 0.6) is 0 Å². The van der Waals surface area contributed by atoms with Gasteiger partial charge in [0.2, 0.25) is 6.17 Å². The van der Waals surface area contributed by atoms with Crippen molar-refractivity contribution in [3.8, 4) is 0 Å². The van der Waals surface area contributed by atoms with E-state index in [1.165, 1.54) is 12.2 Å². The minimum absolute atomic E-state index is 0.113. The lowest BCUT2D eigenvalue weighted by Crippen LogP contribution is -2.30. The highest BCUT2D eigenvalue weighted by molar-refractivity contribution is 5.75. The summed E-state index contributed by atoms with van der Waals surface area (Å²) in [4.78, 5) is 10.7. The Hall–Kier alpha value is -0.900. The fraction of sp³-hybridized carbons (Fsp3) is 0.625. The van der Waals surface area contributed by atoms with Crippen LogP contribution in [-0.2, 0) is 9.53 Å².